The highest BCUT2D eigenvalue weighted by atomic mass is 35.5. The summed E-state index contributed by atoms with van der Waals surface area (Å²) in [4.78, 5) is 18.4. The van der Waals surface area contributed by atoms with Gasteiger partial charge in [-0.2, -0.15) is 0 Å². The van der Waals surface area contributed by atoms with Crippen molar-refractivity contribution in [2.24, 2.45) is 0 Å². The van der Waals surface area contributed by atoms with Gasteiger partial charge in [0.25, 0.3) is 0 Å². The summed E-state index contributed by atoms with van der Waals surface area (Å²) in [6.07, 6.45) is 0. The van der Waals surface area contributed by atoms with Crippen LogP contribution in [0, 0.1) is 0 Å². The Labute approximate surface area is 137 Å². The molecule has 22 heavy (non-hydrogen) atoms. The molecule has 0 atom stereocenters. The van der Waals surface area contributed by atoms with Crippen molar-refractivity contribution in [1.82, 2.24) is 14.7 Å². The van der Waals surface area contributed by atoms with Crippen LogP contribution < -0.4 is 0 Å². The van der Waals surface area contributed by atoms with Crippen molar-refractivity contribution in [2.45, 2.75) is 6.54 Å². The van der Waals surface area contributed by atoms with E-state index >= 15 is 0 Å². The number of likely N-dealkylation sites (N-methyl/N-ethyl adjacent to an activating group) is 1. The van der Waals surface area contributed by atoms with Crippen LogP contribution in [0.25, 0.3) is 0 Å². The third-order valence-corrected chi connectivity index (χ3v) is 4.21. The maximum atomic E-state index is 12.3. The Hall–Kier alpha value is -1.14. The number of hydrogen-bond acceptors (Lipinski definition) is 4. The van der Waals surface area contributed by atoms with Gasteiger partial charge in [-0.1, -0.05) is 23.7 Å². The zero-order chi connectivity index (χ0) is 15.9. The molecule has 0 saturated carbocycles. The third-order valence-electron chi connectivity index (χ3n) is 3.97. The number of aliphatic hydroxyl groups is 1. The zero-order valence-corrected chi connectivity index (χ0v) is 13.8. The monoisotopic (exact) mass is 325 g/mol. The minimum atomic E-state index is 0.121. The second kappa shape index (κ2) is 8.48. The molecule has 122 valence electrons. The molecule has 1 heterocycles. The molecule has 1 amide bonds. The number of aliphatic hydroxyl groups excluding tert-OH is 1. The smallest absolute Gasteiger partial charge is 0.236 e. The maximum absolute atomic E-state index is 12.3. The number of rotatable bonds is 6. The highest BCUT2D eigenvalue weighted by Crippen LogP contribution is 2.12. The minimum absolute atomic E-state index is 0.121. The molecule has 0 aromatic heterocycles. The molecule has 0 radical (unpaired) electrons. The van der Waals surface area contributed by atoms with E-state index in [-0.39, 0.29) is 12.5 Å². The standard InChI is InChI=1S/C16H24ClN3O2/c1-18(12-14-3-2-4-15(17)11-14)16(22)13-20-7-5-19(6-8-20)9-10-21/h2-4,11,21H,5-10,12-13H2,1H3. The van der Waals surface area contributed by atoms with Gasteiger partial charge in [0.1, 0.15) is 0 Å². The molecule has 5 nitrogen and oxygen atoms in total. The first kappa shape index (κ1) is 17.2. The number of halogens is 1. The summed E-state index contributed by atoms with van der Waals surface area (Å²) >= 11 is 5.97. The number of hydrogen-bond donors (Lipinski definition) is 1. The second-order valence-electron chi connectivity index (χ2n) is 5.72. The number of carbonyl (C=O) groups is 1. The molecule has 1 aromatic carbocycles. The van der Waals surface area contributed by atoms with Crippen LogP contribution in [-0.4, -0.2) is 78.6 Å². The Bertz CT molecular complexity index is 490. The summed E-state index contributed by atoms with van der Waals surface area (Å²) in [5.41, 5.74) is 1.04. The Morgan fingerprint density at radius 2 is 1.95 bits per heavy atom. The normalized spacial score (nSPS) is 16.7. The van der Waals surface area contributed by atoms with E-state index in [1.807, 2.05) is 31.3 Å². The SMILES string of the molecule is CN(Cc1cccc(Cl)c1)C(=O)CN1CCN(CCO)CC1. The van der Waals surface area contributed by atoms with Gasteiger partial charge >= 0.3 is 0 Å². The van der Waals surface area contributed by atoms with Gasteiger partial charge in [0.2, 0.25) is 5.91 Å². The molecular weight excluding hydrogens is 302 g/mol. The molecule has 0 unspecified atom stereocenters. The fraction of sp³-hybridized carbons (Fsp3) is 0.562. The van der Waals surface area contributed by atoms with Gasteiger partial charge in [-0.25, -0.2) is 0 Å². The number of amides is 1. The van der Waals surface area contributed by atoms with Crippen molar-refractivity contribution >= 4 is 17.5 Å². The maximum Gasteiger partial charge on any atom is 0.236 e. The van der Waals surface area contributed by atoms with Crippen molar-refractivity contribution in [3.05, 3.63) is 34.9 Å². The molecule has 0 bridgehead atoms. The van der Waals surface area contributed by atoms with Gasteiger partial charge in [-0.05, 0) is 17.7 Å². The average Bonchev–Trinajstić information content (AvgIpc) is 2.49. The van der Waals surface area contributed by atoms with Crippen molar-refractivity contribution in [1.29, 1.82) is 0 Å². The Kier molecular flexibility index (Phi) is 6.64. The highest BCUT2D eigenvalue weighted by Gasteiger charge is 2.20. The quantitative estimate of drug-likeness (QED) is 0.844. The summed E-state index contributed by atoms with van der Waals surface area (Å²) < 4.78 is 0. The predicted molar refractivity (Wildman–Crippen MR) is 87.9 cm³/mol. The largest absolute Gasteiger partial charge is 0.395 e. The predicted octanol–water partition coefficient (Wildman–Crippen LogP) is 0.908. The lowest BCUT2D eigenvalue weighted by Gasteiger charge is -2.34. The van der Waals surface area contributed by atoms with Gasteiger partial charge in [0.05, 0.1) is 13.2 Å². The van der Waals surface area contributed by atoms with Gasteiger partial charge in [0.15, 0.2) is 0 Å². The Morgan fingerprint density at radius 1 is 1.27 bits per heavy atom. The lowest BCUT2D eigenvalue weighted by atomic mass is 10.2. The van der Waals surface area contributed by atoms with Crippen LogP contribution in [0.3, 0.4) is 0 Å². The topological polar surface area (TPSA) is 47.0 Å². The van der Waals surface area contributed by atoms with E-state index in [2.05, 4.69) is 9.80 Å². The van der Waals surface area contributed by atoms with E-state index in [9.17, 15) is 4.79 Å². The van der Waals surface area contributed by atoms with E-state index < -0.39 is 0 Å². The minimum Gasteiger partial charge on any atom is -0.395 e. The average molecular weight is 326 g/mol. The van der Waals surface area contributed by atoms with E-state index in [0.29, 0.717) is 18.1 Å². The molecule has 1 aromatic rings. The van der Waals surface area contributed by atoms with Crippen LogP contribution in [0.15, 0.2) is 24.3 Å². The van der Waals surface area contributed by atoms with Gasteiger partial charge in [-0.15, -0.1) is 0 Å². The Balaban J connectivity index is 1.77. The van der Waals surface area contributed by atoms with Gasteiger partial charge in [-0.3, -0.25) is 14.6 Å². The number of piperazine rings is 1. The van der Waals surface area contributed by atoms with Crippen LogP contribution in [0.5, 0.6) is 0 Å². The lowest BCUT2D eigenvalue weighted by Crippen LogP contribution is -2.50. The van der Waals surface area contributed by atoms with Gasteiger partial charge < -0.3 is 10.0 Å². The first-order valence-electron chi connectivity index (χ1n) is 7.62. The summed E-state index contributed by atoms with van der Waals surface area (Å²) in [6, 6.07) is 7.59. The van der Waals surface area contributed by atoms with E-state index in [4.69, 9.17) is 16.7 Å². The molecule has 2 rings (SSSR count). The third kappa shape index (κ3) is 5.25. The van der Waals surface area contributed by atoms with Crippen molar-refractivity contribution in [2.75, 3.05) is 52.9 Å². The van der Waals surface area contributed by atoms with E-state index in [0.717, 1.165) is 38.3 Å². The van der Waals surface area contributed by atoms with Crippen LogP contribution in [0.1, 0.15) is 5.56 Å². The van der Waals surface area contributed by atoms with Crippen LogP contribution in [0.2, 0.25) is 5.02 Å². The number of carbonyl (C=O) groups excluding carboxylic acids is 1. The molecule has 1 aliphatic rings. The fourth-order valence-electron chi connectivity index (χ4n) is 2.62. The van der Waals surface area contributed by atoms with Crippen molar-refractivity contribution < 1.29 is 9.90 Å². The molecule has 1 aliphatic heterocycles. The summed E-state index contributed by atoms with van der Waals surface area (Å²) in [5, 5.41) is 9.63. The molecule has 0 aliphatic carbocycles. The summed E-state index contributed by atoms with van der Waals surface area (Å²) in [5.74, 6) is 0.121. The second-order valence-corrected chi connectivity index (χ2v) is 6.16. The number of benzene rings is 1. The first-order valence-corrected chi connectivity index (χ1v) is 8.00. The molecular formula is C16H24ClN3O2. The molecule has 1 saturated heterocycles. The Morgan fingerprint density at radius 3 is 2.59 bits per heavy atom. The first-order chi connectivity index (χ1) is 10.6. The molecule has 1 N–H and O–H groups in total. The van der Waals surface area contributed by atoms with Crippen LogP contribution in [0.4, 0.5) is 0 Å². The summed E-state index contributed by atoms with van der Waals surface area (Å²) in [7, 11) is 1.82. The zero-order valence-electron chi connectivity index (χ0n) is 13.0. The molecule has 0 spiro atoms. The molecule has 1 fully saturated rings. The van der Waals surface area contributed by atoms with Crippen molar-refractivity contribution in [3.8, 4) is 0 Å². The van der Waals surface area contributed by atoms with Crippen LogP contribution in [-0.2, 0) is 11.3 Å². The van der Waals surface area contributed by atoms with E-state index in [1.165, 1.54) is 0 Å². The highest BCUT2D eigenvalue weighted by molar-refractivity contribution is 6.30. The molecule has 6 heteroatoms. The summed E-state index contributed by atoms with van der Waals surface area (Å²) in [6.45, 7) is 5.50. The van der Waals surface area contributed by atoms with Gasteiger partial charge in [0, 0.05) is 51.3 Å². The van der Waals surface area contributed by atoms with Crippen molar-refractivity contribution in [3.63, 3.8) is 0 Å². The number of β-amino-alcohol motifs (C(OH)–C–C–N with tert-alkyl or cyclic N) is 1. The number of nitrogens with zero attached hydrogens (tertiary/aromatic N) is 3. The lowest BCUT2D eigenvalue weighted by molar-refractivity contribution is -0.132. The van der Waals surface area contributed by atoms with E-state index in [1.54, 1.807) is 4.90 Å². The fourth-order valence-corrected chi connectivity index (χ4v) is 2.83. The van der Waals surface area contributed by atoms with Crippen LogP contribution >= 0.6 is 11.6 Å².